The van der Waals surface area contributed by atoms with E-state index in [1.807, 2.05) is 0 Å². The van der Waals surface area contributed by atoms with E-state index in [4.69, 9.17) is 9.47 Å². The Kier molecular flexibility index (Phi) is 40.9. The fourth-order valence-corrected chi connectivity index (χ4v) is 6.67. The second-order valence-electron chi connectivity index (χ2n) is 15.1. The number of rotatable bonds is 41. The quantitative estimate of drug-likeness (QED) is 0.0389. The van der Waals surface area contributed by atoms with Crippen LogP contribution >= 0.6 is 0 Å². The van der Waals surface area contributed by atoms with Crippen LogP contribution in [0.1, 0.15) is 245 Å². The number of ether oxygens (including phenoxy) is 2. The molecule has 0 spiro atoms. The largest absolute Gasteiger partial charge is 0.462 e. The lowest BCUT2D eigenvalue weighted by atomic mass is 10.0. The number of allylic oxidation sites excluding steroid dienone is 2. The summed E-state index contributed by atoms with van der Waals surface area (Å²) in [5.74, 6) is -0.586. The molecular weight excluding hydrogens is 620 g/mol. The van der Waals surface area contributed by atoms with Gasteiger partial charge < -0.3 is 14.6 Å². The molecule has 0 aromatic heterocycles. The SMILES string of the molecule is CCCCCCCC/C=C\CCCCCCCC(=O)OC[C@H](CO)OC(=O)CCCCCCCCCCCCCCCCCCCCCCC. The third-order valence-corrected chi connectivity index (χ3v) is 10.1. The first kappa shape index (κ1) is 48.6. The summed E-state index contributed by atoms with van der Waals surface area (Å²) in [6.45, 7) is 4.16. The van der Waals surface area contributed by atoms with Crippen LogP contribution in [0.15, 0.2) is 12.2 Å². The summed E-state index contributed by atoms with van der Waals surface area (Å²) in [5.41, 5.74) is 0. The minimum absolute atomic E-state index is 0.0640. The van der Waals surface area contributed by atoms with Gasteiger partial charge in [-0.25, -0.2) is 0 Å². The van der Waals surface area contributed by atoms with E-state index < -0.39 is 6.10 Å². The second-order valence-corrected chi connectivity index (χ2v) is 15.1. The van der Waals surface area contributed by atoms with Gasteiger partial charge in [0.15, 0.2) is 6.10 Å². The number of hydrogen-bond donors (Lipinski definition) is 1. The van der Waals surface area contributed by atoms with Crippen molar-refractivity contribution in [1.29, 1.82) is 0 Å². The van der Waals surface area contributed by atoms with Crippen molar-refractivity contribution >= 4 is 11.9 Å². The van der Waals surface area contributed by atoms with Crippen LogP contribution in [0.4, 0.5) is 0 Å². The highest BCUT2D eigenvalue weighted by molar-refractivity contribution is 5.70. The van der Waals surface area contributed by atoms with Gasteiger partial charge in [0, 0.05) is 12.8 Å². The Labute approximate surface area is 311 Å². The number of unbranched alkanes of at least 4 members (excludes halogenated alkanes) is 31. The third-order valence-electron chi connectivity index (χ3n) is 10.1. The van der Waals surface area contributed by atoms with Gasteiger partial charge in [-0.1, -0.05) is 206 Å². The molecule has 0 bridgehead atoms. The highest BCUT2D eigenvalue weighted by atomic mass is 16.6. The molecule has 0 saturated carbocycles. The molecular formula is C45H86O5. The third kappa shape index (κ3) is 39.4. The summed E-state index contributed by atoms with van der Waals surface area (Å²) in [6.07, 6.45) is 48.6. The van der Waals surface area contributed by atoms with E-state index in [0.717, 1.165) is 44.9 Å². The van der Waals surface area contributed by atoms with Crippen molar-refractivity contribution in [3.8, 4) is 0 Å². The molecule has 50 heavy (non-hydrogen) atoms. The summed E-state index contributed by atoms with van der Waals surface area (Å²) in [5, 5.41) is 9.58. The van der Waals surface area contributed by atoms with Crippen LogP contribution in [0.25, 0.3) is 0 Å². The number of esters is 2. The van der Waals surface area contributed by atoms with E-state index in [0.29, 0.717) is 12.8 Å². The first-order valence-corrected chi connectivity index (χ1v) is 22.2. The first-order chi connectivity index (χ1) is 24.6. The minimum atomic E-state index is -0.768. The highest BCUT2D eigenvalue weighted by Gasteiger charge is 2.16. The average Bonchev–Trinajstić information content (AvgIpc) is 3.12. The zero-order valence-electron chi connectivity index (χ0n) is 33.7. The Morgan fingerprint density at radius 3 is 1.08 bits per heavy atom. The maximum atomic E-state index is 12.2. The number of aliphatic hydroxyl groups excluding tert-OH is 1. The zero-order valence-corrected chi connectivity index (χ0v) is 33.7. The van der Waals surface area contributed by atoms with E-state index in [-0.39, 0.29) is 25.2 Å². The fourth-order valence-electron chi connectivity index (χ4n) is 6.67. The molecule has 1 N–H and O–H groups in total. The summed E-state index contributed by atoms with van der Waals surface area (Å²) >= 11 is 0. The van der Waals surface area contributed by atoms with Crippen LogP contribution in [0, 0.1) is 0 Å². The van der Waals surface area contributed by atoms with Gasteiger partial charge in [0.2, 0.25) is 0 Å². The van der Waals surface area contributed by atoms with Crippen LogP contribution < -0.4 is 0 Å². The van der Waals surface area contributed by atoms with Crippen LogP contribution in [0.3, 0.4) is 0 Å². The molecule has 0 amide bonds. The molecule has 0 unspecified atom stereocenters. The molecule has 0 aliphatic heterocycles. The summed E-state index contributed by atoms with van der Waals surface area (Å²) < 4.78 is 10.6. The van der Waals surface area contributed by atoms with Gasteiger partial charge in [0.25, 0.3) is 0 Å². The molecule has 0 aliphatic carbocycles. The monoisotopic (exact) mass is 707 g/mol. The Morgan fingerprint density at radius 1 is 0.440 bits per heavy atom. The number of hydrogen-bond acceptors (Lipinski definition) is 5. The van der Waals surface area contributed by atoms with Crippen molar-refractivity contribution in [1.82, 2.24) is 0 Å². The second kappa shape index (κ2) is 42.1. The molecule has 0 heterocycles. The molecule has 0 aromatic carbocycles. The van der Waals surface area contributed by atoms with Gasteiger partial charge >= 0.3 is 11.9 Å². The molecule has 5 heteroatoms. The zero-order chi connectivity index (χ0) is 36.4. The molecule has 0 fully saturated rings. The van der Waals surface area contributed by atoms with Crippen molar-refractivity contribution in [2.75, 3.05) is 13.2 Å². The van der Waals surface area contributed by atoms with E-state index >= 15 is 0 Å². The van der Waals surface area contributed by atoms with Gasteiger partial charge in [0.05, 0.1) is 6.61 Å². The standard InChI is InChI=1S/C45H86O5/c1-3-5-7-9-11-13-15-17-19-20-21-22-23-24-26-28-30-32-34-36-38-40-45(48)50-43(41-46)42-49-44(47)39-37-35-33-31-29-27-25-18-16-14-12-10-8-6-4-2/h18,25,43,46H,3-17,19-24,26-42H2,1-2H3/b25-18-/t43-/m0/s1. The van der Waals surface area contributed by atoms with E-state index in [1.54, 1.807) is 0 Å². The fraction of sp³-hybridized carbons (Fsp3) is 0.911. The maximum absolute atomic E-state index is 12.2. The Bertz CT molecular complexity index is 720. The maximum Gasteiger partial charge on any atom is 0.306 e. The molecule has 0 saturated heterocycles. The molecule has 1 atom stereocenters. The summed E-state index contributed by atoms with van der Waals surface area (Å²) in [4.78, 5) is 24.3. The normalized spacial score (nSPS) is 12.1. The minimum Gasteiger partial charge on any atom is -0.462 e. The van der Waals surface area contributed by atoms with Gasteiger partial charge in [-0.15, -0.1) is 0 Å². The summed E-state index contributed by atoms with van der Waals surface area (Å²) in [6, 6.07) is 0. The van der Waals surface area contributed by atoms with Crippen molar-refractivity contribution in [2.24, 2.45) is 0 Å². The molecule has 0 aromatic rings. The van der Waals surface area contributed by atoms with Crippen molar-refractivity contribution in [3.63, 3.8) is 0 Å². The van der Waals surface area contributed by atoms with Crippen LogP contribution in [-0.4, -0.2) is 36.4 Å². The topological polar surface area (TPSA) is 72.8 Å². The number of carbonyl (C=O) groups excluding carboxylic acids is 2. The van der Waals surface area contributed by atoms with E-state index in [9.17, 15) is 14.7 Å². The van der Waals surface area contributed by atoms with Crippen LogP contribution in [0.2, 0.25) is 0 Å². The highest BCUT2D eigenvalue weighted by Crippen LogP contribution is 2.16. The average molecular weight is 707 g/mol. The lowest BCUT2D eigenvalue weighted by Gasteiger charge is -2.15. The van der Waals surface area contributed by atoms with Gasteiger partial charge in [-0.2, -0.15) is 0 Å². The van der Waals surface area contributed by atoms with Gasteiger partial charge in [-0.05, 0) is 38.5 Å². The predicted molar refractivity (Wildman–Crippen MR) is 215 cm³/mol. The number of aliphatic hydroxyl groups is 1. The molecule has 0 radical (unpaired) electrons. The summed E-state index contributed by atoms with van der Waals surface area (Å²) in [7, 11) is 0. The molecule has 5 nitrogen and oxygen atoms in total. The van der Waals surface area contributed by atoms with Gasteiger partial charge in [-0.3, -0.25) is 9.59 Å². The first-order valence-electron chi connectivity index (χ1n) is 22.2. The Morgan fingerprint density at radius 2 is 0.740 bits per heavy atom. The van der Waals surface area contributed by atoms with E-state index in [2.05, 4.69) is 26.0 Å². The Hall–Kier alpha value is -1.36. The molecule has 0 rings (SSSR count). The smallest absolute Gasteiger partial charge is 0.306 e. The van der Waals surface area contributed by atoms with Crippen LogP contribution in [0.5, 0.6) is 0 Å². The van der Waals surface area contributed by atoms with E-state index in [1.165, 1.54) is 173 Å². The lowest BCUT2D eigenvalue weighted by molar-refractivity contribution is -0.161. The van der Waals surface area contributed by atoms with Gasteiger partial charge in [0.1, 0.15) is 6.61 Å². The van der Waals surface area contributed by atoms with Crippen molar-refractivity contribution < 1.29 is 24.2 Å². The van der Waals surface area contributed by atoms with Crippen LogP contribution in [-0.2, 0) is 19.1 Å². The van der Waals surface area contributed by atoms with Crippen molar-refractivity contribution in [3.05, 3.63) is 12.2 Å². The number of carbonyl (C=O) groups is 2. The Balaban J connectivity index is 3.48. The molecule has 0 aliphatic rings. The lowest BCUT2D eigenvalue weighted by Crippen LogP contribution is -2.28. The predicted octanol–water partition coefficient (Wildman–Crippen LogP) is 14.1. The molecule has 296 valence electrons. The van der Waals surface area contributed by atoms with Crippen molar-refractivity contribution in [2.45, 2.75) is 251 Å².